The SMILES string of the molecule is Cc1ccccc1OC[C@@H]1C[N+]23CCO[B-]2(OCC3)O1. The zero-order valence-electron chi connectivity index (χ0n) is 11.8. The van der Waals surface area contributed by atoms with E-state index in [0.717, 1.165) is 48.6 Å². The van der Waals surface area contributed by atoms with E-state index in [-0.39, 0.29) is 6.10 Å². The van der Waals surface area contributed by atoms with Gasteiger partial charge in [0.1, 0.15) is 18.5 Å². The van der Waals surface area contributed by atoms with E-state index in [2.05, 4.69) is 13.0 Å². The summed E-state index contributed by atoms with van der Waals surface area (Å²) in [7, 11) is 0. The molecule has 0 unspecified atom stereocenters. The lowest BCUT2D eigenvalue weighted by Gasteiger charge is -2.37. The van der Waals surface area contributed by atoms with Crippen molar-refractivity contribution in [2.24, 2.45) is 0 Å². The Morgan fingerprint density at radius 3 is 2.70 bits per heavy atom. The molecule has 6 heteroatoms. The van der Waals surface area contributed by atoms with Gasteiger partial charge in [-0.3, -0.25) is 0 Å². The Morgan fingerprint density at radius 2 is 2.00 bits per heavy atom. The number of rotatable bonds is 3. The molecule has 0 N–H and O–H groups in total. The number of ether oxygens (including phenoxy) is 1. The van der Waals surface area contributed by atoms with Crippen LogP contribution in [0, 0.1) is 6.92 Å². The summed E-state index contributed by atoms with van der Waals surface area (Å²) < 4.78 is 24.5. The molecule has 20 heavy (non-hydrogen) atoms. The molecule has 5 nitrogen and oxygen atoms in total. The molecule has 1 atom stereocenters. The summed E-state index contributed by atoms with van der Waals surface area (Å²) in [5.74, 6) is 0.926. The van der Waals surface area contributed by atoms with Crippen LogP contribution in [0.1, 0.15) is 5.56 Å². The molecule has 0 aliphatic carbocycles. The third-order valence-electron chi connectivity index (χ3n) is 4.85. The summed E-state index contributed by atoms with van der Waals surface area (Å²) in [4.78, 5) is 0. The standard InChI is InChI=1S/C14H20BNO4/c1-12-4-2-3-5-14(12)17-11-13-10-16-6-8-18-15(16,20-13)19-9-7-16/h2-5,13H,6-11H2,1H3/t13-,15?,16?/m0/s1. The highest BCUT2D eigenvalue weighted by atomic mass is 16.8. The molecule has 0 saturated carbocycles. The van der Waals surface area contributed by atoms with E-state index in [9.17, 15) is 0 Å². The van der Waals surface area contributed by atoms with Crippen LogP contribution in [0.5, 0.6) is 5.75 Å². The highest BCUT2D eigenvalue weighted by molar-refractivity contribution is 6.54. The second kappa shape index (κ2) is 4.46. The predicted molar refractivity (Wildman–Crippen MR) is 74.1 cm³/mol. The summed E-state index contributed by atoms with van der Waals surface area (Å²) in [5.41, 5.74) is 1.15. The fraction of sp³-hybridized carbons (Fsp3) is 0.571. The van der Waals surface area contributed by atoms with E-state index in [0.29, 0.717) is 6.61 Å². The Balaban J connectivity index is 1.44. The third kappa shape index (κ3) is 1.72. The largest absolute Gasteiger partial charge is 0.625 e. The van der Waals surface area contributed by atoms with Crippen molar-refractivity contribution in [1.29, 1.82) is 0 Å². The fourth-order valence-electron chi connectivity index (χ4n) is 3.76. The quantitative estimate of drug-likeness (QED) is 0.775. The summed E-state index contributed by atoms with van der Waals surface area (Å²) in [6, 6.07) is 8.06. The van der Waals surface area contributed by atoms with Gasteiger partial charge in [0.15, 0.2) is 0 Å². The Hall–Kier alpha value is -1.08. The summed E-state index contributed by atoms with van der Waals surface area (Å²) in [5, 5.41) is 0. The maximum atomic E-state index is 6.11. The van der Waals surface area contributed by atoms with E-state index < -0.39 is 6.89 Å². The summed E-state index contributed by atoms with van der Waals surface area (Å²) in [6.45, 7) is 5.47. The van der Waals surface area contributed by atoms with Crippen LogP contribution in [0.15, 0.2) is 24.3 Å². The van der Waals surface area contributed by atoms with Gasteiger partial charge < -0.3 is 23.1 Å². The molecule has 0 aromatic heterocycles. The van der Waals surface area contributed by atoms with Crippen molar-refractivity contribution < 1.29 is 23.1 Å². The molecule has 4 rings (SSSR count). The first-order valence-corrected chi connectivity index (χ1v) is 7.36. The van der Waals surface area contributed by atoms with Crippen molar-refractivity contribution in [2.75, 3.05) is 39.5 Å². The Morgan fingerprint density at radius 1 is 1.25 bits per heavy atom. The highest BCUT2D eigenvalue weighted by Crippen LogP contribution is 2.41. The number of hydrogen-bond acceptors (Lipinski definition) is 4. The minimum atomic E-state index is -1.56. The van der Waals surface area contributed by atoms with Crippen LogP contribution in [0.3, 0.4) is 0 Å². The summed E-state index contributed by atoms with van der Waals surface area (Å²) in [6.07, 6.45) is 0.0511. The van der Waals surface area contributed by atoms with Crippen LogP contribution < -0.4 is 4.74 Å². The van der Waals surface area contributed by atoms with Crippen LogP contribution in [0.2, 0.25) is 0 Å². The monoisotopic (exact) mass is 277 g/mol. The van der Waals surface area contributed by atoms with Crippen LogP contribution in [-0.4, -0.2) is 56.8 Å². The molecule has 3 saturated heterocycles. The lowest BCUT2D eigenvalue weighted by Crippen LogP contribution is -2.59. The zero-order chi connectivity index (χ0) is 13.6. The van der Waals surface area contributed by atoms with Crippen LogP contribution in [0.4, 0.5) is 0 Å². The van der Waals surface area contributed by atoms with Gasteiger partial charge in [-0.25, -0.2) is 0 Å². The van der Waals surface area contributed by atoms with Crippen molar-refractivity contribution in [3.8, 4) is 5.75 Å². The first kappa shape index (κ1) is 12.6. The van der Waals surface area contributed by atoms with E-state index in [1.165, 1.54) is 0 Å². The number of nitrogens with zero attached hydrogens (tertiary/aromatic N) is 1. The van der Waals surface area contributed by atoms with Gasteiger partial charge in [0.05, 0.1) is 32.8 Å². The van der Waals surface area contributed by atoms with Gasteiger partial charge in [0.25, 0.3) is 0 Å². The van der Waals surface area contributed by atoms with Gasteiger partial charge in [0, 0.05) is 0 Å². The van der Waals surface area contributed by atoms with Gasteiger partial charge in [0.2, 0.25) is 0 Å². The lowest BCUT2D eigenvalue weighted by atomic mass is 9.94. The molecule has 0 spiro atoms. The molecule has 1 aromatic carbocycles. The van der Waals surface area contributed by atoms with E-state index >= 15 is 0 Å². The molecule has 0 radical (unpaired) electrons. The van der Waals surface area contributed by atoms with Gasteiger partial charge in [-0.15, -0.1) is 0 Å². The van der Waals surface area contributed by atoms with Crippen LogP contribution in [-0.2, 0) is 14.0 Å². The Labute approximate surface area is 119 Å². The fourth-order valence-corrected chi connectivity index (χ4v) is 3.76. The average Bonchev–Trinajstić information content (AvgIpc) is 2.98. The van der Waals surface area contributed by atoms with Crippen molar-refractivity contribution in [3.63, 3.8) is 0 Å². The van der Waals surface area contributed by atoms with E-state index in [1.54, 1.807) is 0 Å². The maximum Gasteiger partial charge on any atom is 0.625 e. The number of quaternary nitrogens is 1. The number of aryl methyl sites for hydroxylation is 1. The molecule has 3 aliphatic heterocycles. The normalized spacial score (nSPS) is 38.8. The van der Waals surface area contributed by atoms with Gasteiger partial charge in [-0.2, -0.15) is 0 Å². The topological polar surface area (TPSA) is 36.9 Å². The molecule has 0 amide bonds. The van der Waals surface area contributed by atoms with E-state index in [1.807, 2.05) is 18.2 Å². The second-order valence-corrected chi connectivity index (χ2v) is 6.03. The van der Waals surface area contributed by atoms with Crippen LogP contribution >= 0.6 is 0 Å². The van der Waals surface area contributed by atoms with Crippen molar-refractivity contribution in [3.05, 3.63) is 29.8 Å². The van der Waals surface area contributed by atoms with Gasteiger partial charge in [-0.1, -0.05) is 18.2 Å². The zero-order valence-corrected chi connectivity index (χ0v) is 11.8. The second-order valence-electron chi connectivity index (χ2n) is 6.03. The van der Waals surface area contributed by atoms with E-state index in [4.69, 9.17) is 18.7 Å². The predicted octanol–water partition coefficient (Wildman–Crippen LogP) is 1.09. The average molecular weight is 277 g/mol. The Kier molecular flexibility index (Phi) is 2.82. The number of hydrogen-bond donors (Lipinski definition) is 0. The number of benzene rings is 1. The first-order valence-electron chi connectivity index (χ1n) is 7.36. The lowest BCUT2D eigenvalue weighted by molar-refractivity contribution is -0.816. The molecular weight excluding hydrogens is 257 g/mol. The summed E-state index contributed by atoms with van der Waals surface area (Å²) >= 11 is 0. The minimum absolute atomic E-state index is 0.0511. The Bertz CT molecular complexity index is 494. The molecule has 108 valence electrons. The van der Waals surface area contributed by atoms with Crippen molar-refractivity contribution in [2.45, 2.75) is 13.0 Å². The van der Waals surface area contributed by atoms with Crippen LogP contribution in [0.25, 0.3) is 0 Å². The molecule has 0 bridgehead atoms. The molecular formula is C14H20BNO4. The smallest absolute Gasteiger partial charge is 0.491 e. The molecule has 3 heterocycles. The molecule has 3 aliphatic rings. The maximum absolute atomic E-state index is 6.11. The first-order chi connectivity index (χ1) is 9.73. The number of para-hydroxylation sites is 1. The highest BCUT2D eigenvalue weighted by Gasteiger charge is 2.66. The van der Waals surface area contributed by atoms with Gasteiger partial charge >= 0.3 is 6.89 Å². The third-order valence-corrected chi connectivity index (χ3v) is 4.85. The minimum Gasteiger partial charge on any atom is -0.491 e. The van der Waals surface area contributed by atoms with Gasteiger partial charge in [-0.05, 0) is 18.6 Å². The van der Waals surface area contributed by atoms with Crippen molar-refractivity contribution >= 4 is 6.89 Å². The molecule has 1 aromatic rings. The van der Waals surface area contributed by atoms with Crippen molar-refractivity contribution in [1.82, 2.24) is 0 Å². The molecule has 3 fully saturated rings.